The average molecular weight is 216 g/mol. The number of nitrogens with two attached hydrogens (primary N) is 1. The predicted octanol–water partition coefficient (Wildman–Crippen LogP) is 3.00. The zero-order valence-corrected chi connectivity index (χ0v) is 9.44. The Balaban J connectivity index is 2.27. The van der Waals surface area contributed by atoms with Gasteiger partial charge in [0.1, 0.15) is 0 Å². The molecule has 1 aromatic heterocycles. The fourth-order valence-corrected chi connectivity index (χ4v) is 1.55. The number of unbranched alkanes of at least 4 members (excludes halogenated alkanes) is 1. The van der Waals surface area contributed by atoms with Crippen molar-refractivity contribution in [2.45, 2.75) is 19.8 Å². The molecule has 0 bridgehead atoms. The minimum absolute atomic E-state index is 0.467. The summed E-state index contributed by atoms with van der Waals surface area (Å²) in [4.78, 5) is 4.31. The third-order valence-electron chi connectivity index (χ3n) is 2.47. The second-order valence-corrected chi connectivity index (χ2v) is 3.77. The molecular formula is C13H16N2O. The van der Waals surface area contributed by atoms with Crippen molar-refractivity contribution < 1.29 is 4.74 Å². The largest absolute Gasteiger partial charge is 0.490 e. The van der Waals surface area contributed by atoms with E-state index in [0.717, 1.165) is 23.7 Å². The summed E-state index contributed by atoms with van der Waals surface area (Å²) in [6, 6.07) is 9.84. The maximum atomic E-state index is 5.83. The molecule has 16 heavy (non-hydrogen) atoms. The highest BCUT2D eigenvalue weighted by molar-refractivity contribution is 5.82. The molecule has 0 radical (unpaired) electrons. The van der Waals surface area contributed by atoms with Gasteiger partial charge in [0.2, 0.25) is 0 Å². The van der Waals surface area contributed by atoms with Gasteiger partial charge in [0.15, 0.2) is 11.6 Å². The molecule has 3 heteroatoms. The quantitative estimate of drug-likeness (QED) is 0.799. The lowest BCUT2D eigenvalue weighted by Gasteiger charge is -2.08. The summed E-state index contributed by atoms with van der Waals surface area (Å²) in [6.45, 7) is 2.83. The number of pyridine rings is 1. The first kappa shape index (κ1) is 10.7. The van der Waals surface area contributed by atoms with Gasteiger partial charge >= 0.3 is 0 Å². The van der Waals surface area contributed by atoms with Crippen LogP contribution < -0.4 is 10.5 Å². The third kappa shape index (κ3) is 2.24. The van der Waals surface area contributed by atoms with E-state index in [4.69, 9.17) is 10.5 Å². The molecule has 0 saturated heterocycles. The van der Waals surface area contributed by atoms with Crippen molar-refractivity contribution in [1.29, 1.82) is 0 Å². The highest BCUT2D eigenvalue weighted by Gasteiger charge is 2.04. The number of hydrogen-bond donors (Lipinski definition) is 1. The van der Waals surface area contributed by atoms with Gasteiger partial charge in [-0.25, -0.2) is 4.98 Å². The first-order chi connectivity index (χ1) is 7.81. The predicted molar refractivity (Wildman–Crippen MR) is 66.6 cm³/mol. The Bertz CT molecular complexity index is 482. The summed E-state index contributed by atoms with van der Waals surface area (Å²) in [5, 5.41) is 1.06. The van der Waals surface area contributed by atoms with Gasteiger partial charge < -0.3 is 10.5 Å². The third-order valence-corrected chi connectivity index (χ3v) is 2.47. The molecule has 2 rings (SSSR count). The number of rotatable bonds is 4. The first-order valence-corrected chi connectivity index (χ1v) is 5.59. The maximum absolute atomic E-state index is 5.83. The topological polar surface area (TPSA) is 48.1 Å². The highest BCUT2D eigenvalue weighted by Crippen LogP contribution is 2.24. The summed E-state index contributed by atoms with van der Waals surface area (Å²) in [5.74, 6) is 1.15. The lowest BCUT2D eigenvalue weighted by Crippen LogP contribution is -2.01. The van der Waals surface area contributed by atoms with Crippen molar-refractivity contribution in [3.8, 4) is 5.75 Å². The van der Waals surface area contributed by atoms with E-state index >= 15 is 0 Å². The molecule has 84 valence electrons. The monoisotopic (exact) mass is 216 g/mol. The summed E-state index contributed by atoms with van der Waals surface area (Å²) in [7, 11) is 0. The second kappa shape index (κ2) is 4.84. The van der Waals surface area contributed by atoms with Gasteiger partial charge in [-0.2, -0.15) is 0 Å². The van der Waals surface area contributed by atoms with E-state index in [1.807, 2.05) is 30.3 Å². The summed E-state index contributed by atoms with van der Waals surface area (Å²) in [5.41, 5.74) is 6.74. The van der Waals surface area contributed by atoms with Gasteiger partial charge in [0.05, 0.1) is 12.1 Å². The summed E-state index contributed by atoms with van der Waals surface area (Å²) >= 11 is 0. The SMILES string of the molecule is CCCCOc1cc2ccccc2nc1N. The number of hydrogen-bond acceptors (Lipinski definition) is 3. The minimum Gasteiger partial charge on any atom is -0.490 e. The van der Waals surface area contributed by atoms with Crippen LogP contribution in [0.1, 0.15) is 19.8 Å². The summed E-state index contributed by atoms with van der Waals surface area (Å²) < 4.78 is 5.60. The molecule has 0 atom stereocenters. The highest BCUT2D eigenvalue weighted by atomic mass is 16.5. The molecule has 3 nitrogen and oxygen atoms in total. The molecule has 0 aliphatic carbocycles. The molecule has 0 amide bonds. The van der Waals surface area contributed by atoms with Crippen LogP contribution in [0.15, 0.2) is 30.3 Å². The molecular weight excluding hydrogens is 200 g/mol. The maximum Gasteiger partial charge on any atom is 0.166 e. The van der Waals surface area contributed by atoms with Gasteiger partial charge in [-0.1, -0.05) is 31.5 Å². The van der Waals surface area contributed by atoms with Crippen LogP contribution in [0.3, 0.4) is 0 Å². The van der Waals surface area contributed by atoms with Crippen molar-refractivity contribution in [3.05, 3.63) is 30.3 Å². The molecule has 1 aromatic carbocycles. The molecule has 2 aromatic rings. The number of fused-ring (bicyclic) bond motifs is 1. The molecule has 1 heterocycles. The van der Waals surface area contributed by atoms with Crippen molar-refractivity contribution >= 4 is 16.7 Å². The van der Waals surface area contributed by atoms with E-state index < -0.39 is 0 Å². The van der Waals surface area contributed by atoms with E-state index in [-0.39, 0.29) is 0 Å². The van der Waals surface area contributed by atoms with Crippen LogP contribution in [0.5, 0.6) is 5.75 Å². The number of nitrogens with zero attached hydrogens (tertiary/aromatic N) is 1. The van der Waals surface area contributed by atoms with Gasteiger partial charge in [-0.15, -0.1) is 0 Å². The molecule has 0 aliphatic rings. The van der Waals surface area contributed by atoms with Crippen LogP contribution in [-0.4, -0.2) is 11.6 Å². The van der Waals surface area contributed by atoms with E-state index in [0.29, 0.717) is 18.2 Å². The fraction of sp³-hybridized carbons (Fsp3) is 0.308. The Morgan fingerprint density at radius 1 is 1.31 bits per heavy atom. The number of ether oxygens (including phenoxy) is 1. The fourth-order valence-electron chi connectivity index (χ4n) is 1.55. The first-order valence-electron chi connectivity index (χ1n) is 5.59. The zero-order valence-electron chi connectivity index (χ0n) is 9.44. The van der Waals surface area contributed by atoms with Crippen molar-refractivity contribution in [1.82, 2.24) is 4.98 Å². The lowest BCUT2D eigenvalue weighted by molar-refractivity contribution is 0.310. The number of benzene rings is 1. The molecule has 0 saturated carbocycles. The van der Waals surface area contributed by atoms with Crippen molar-refractivity contribution in [2.24, 2.45) is 0 Å². The number of aromatic nitrogens is 1. The molecule has 0 aliphatic heterocycles. The van der Waals surface area contributed by atoms with Crippen LogP contribution in [0.25, 0.3) is 10.9 Å². The van der Waals surface area contributed by atoms with E-state index in [9.17, 15) is 0 Å². The smallest absolute Gasteiger partial charge is 0.166 e. The normalized spacial score (nSPS) is 10.6. The van der Waals surface area contributed by atoms with Gasteiger partial charge in [0.25, 0.3) is 0 Å². The van der Waals surface area contributed by atoms with Crippen LogP contribution in [0.4, 0.5) is 5.82 Å². The van der Waals surface area contributed by atoms with Gasteiger partial charge in [-0.3, -0.25) is 0 Å². The Morgan fingerprint density at radius 3 is 2.94 bits per heavy atom. The van der Waals surface area contributed by atoms with Crippen LogP contribution >= 0.6 is 0 Å². The van der Waals surface area contributed by atoms with Gasteiger partial charge in [0, 0.05) is 5.39 Å². The molecule has 0 spiro atoms. The zero-order chi connectivity index (χ0) is 11.4. The van der Waals surface area contributed by atoms with Crippen LogP contribution in [0.2, 0.25) is 0 Å². The molecule has 2 N–H and O–H groups in total. The Labute approximate surface area is 95.2 Å². The average Bonchev–Trinajstić information content (AvgIpc) is 2.30. The summed E-state index contributed by atoms with van der Waals surface area (Å²) in [6.07, 6.45) is 2.15. The minimum atomic E-state index is 0.467. The van der Waals surface area contributed by atoms with Crippen LogP contribution in [-0.2, 0) is 0 Å². The van der Waals surface area contributed by atoms with Crippen molar-refractivity contribution in [3.63, 3.8) is 0 Å². The van der Waals surface area contributed by atoms with Crippen LogP contribution in [0, 0.1) is 0 Å². The molecule has 0 fully saturated rings. The standard InChI is InChI=1S/C13H16N2O/c1-2-3-8-16-12-9-10-6-4-5-7-11(10)15-13(12)14/h4-7,9H,2-3,8H2,1H3,(H2,14,15). The van der Waals surface area contributed by atoms with Gasteiger partial charge in [-0.05, 0) is 18.6 Å². The number of anilines is 1. The van der Waals surface area contributed by atoms with E-state index in [1.165, 1.54) is 0 Å². The second-order valence-electron chi connectivity index (χ2n) is 3.77. The number of para-hydroxylation sites is 1. The Morgan fingerprint density at radius 2 is 2.12 bits per heavy atom. The van der Waals surface area contributed by atoms with Crippen molar-refractivity contribution in [2.75, 3.05) is 12.3 Å². The number of nitrogen functional groups attached to an aromatic ring is 1. The molecule has 0 unspecified atom stereocenters. The van der Waals surface area contributed by atoms with E-state index in [1.54, 1.807) is 0 Å². The Hall–Kier alpha value is -1.77. The Kier molecular flexibility index (Phi) is 3.25. The van der Waals surface area contributed by atoms with E-state index in [2.05, 4.69) is 11.9 Å². The lowest BCUT2D eigenvalue weighted by atomic mass is 10.2.